The van der Waals surface area contributed by atoms with Gasteiger partial charge < -0.3 is 15.4 Å². The molecule has 122 valence electrons. The van der Waals surface area contributed by atoms with Gasteiger partial charge in [-0.1, -0.05) is 26.7 Å². The molecule has 2 fully saturated rings. The molecule has 2 aliphatic rings. The third kappa shape index (κ3) is 4.18. The van der Waals surface area contributed by atoms with Gasteiger partial charge in [-0.2, -0.15) is 0 Å². The molecule has 2 saturated heterocycles. The van der Waals surface area contributed by atoms with Gasteiger partial charge >= 0.3 is 0 Å². The number of amides is 1. The second kappa shape index (κ2) is 8.11. The lowest BCUT2D eigenvalue weighted by Crippen LogP contribution is -2.58. The van der Waals surface area contributed by atoms with Crippen LogP contribution in [0.1, 0.15) is 39.5 Å². The second-order valence-corrected chi connectivity index (χ2v) is 6.36. The van der Waals surface area contributed by atoms with Gasteiger partial charge in [0.15, 0.2) is 0 Å². The van der Waals surface area contributed by atoms with Gasteiger partial charge in [-0.15, -0.1) is 0 Å². The quantitative estimate of drug-likeness (QED) is 0.825. The molecule has 21 heavy (non-hydrogen) atoms. The normalized spacial score (nSPS) is 26.1. The van der Waals surface area contributed by atoms with Crippen molar-refractivity contribution in [1.82, 2.24) is 9.80 Å². The Morgan fingerprint density at radius 1 is 1.24 bits per heavy atom. The largest absolute Gasteiger partial charge is 0.379 e. The standard InChI is InChI=1S/C16H31N3O2/c1-3-13(4-2)15(18-8-10-21-11-9-18)16(20)19-7-5-6-14(17)12-19/h13-15H,3-12,17H2,1-2H3. The molecule has 0 aliphatic carbocycles. The van der Waals surface area contributed by atoms with E-state index in [1.165, 1.54) is 0 Å². The predicted molar refractivity (Wildman–Crippen MR) is 84.0 cm³/mol. The molecule has 0 radical (unpaired) electrons. The van der Waals surface area contributed by atoms with Crippen molar-refractivity contribution in [2.24, 2.45) is 11.7 Å². The third-order valence-electron chi connectivity index (χ3n) is 4.96. The zero-order chi connectivity index (χ0) is 15.2. The van der Waals surface area contributed by atoms with Crippen molar-refractivity contribution in [3.05, 3.63) is 0 Å². The van der Waals surface area contributed by atoms with Gasteiger partial charge in [0, 0.05) is 32.2 Å². The van der Waals surface area contributed by atoms with Crippen LogP contribution in [-0.4, -0.2) is 67.2 Å². The first-order valence-electron chi connectivity index (χ1n) is 8.53. The maximum Gasteiger partial charge on any atom is 0.240 e. The number of hydrogen-bond acceptors (Lipinski definition) is 4. The van der Waals surface area contributed by atoms with Crippen LogP contribution in [0.3, 0.4) is 0 Å². The average molecular weight is 297 g/mol. The number of nitrogens with two attached hydrogens (primary N) is 1. The van der Waals surface area contributed by atoms with Crippen molar-refractivity contribution in [1.29, 1.82) is 0 Å². The Morgan fingerprint density at radius 2 is 1.90 bits per heavy atom. The van der Waals surface area contributed by atoms with Crippen LogP contribution in [0.15, 0.2) is 0 Å². The number of nitrogens with zero attached hydrogens (tertiary/aromatic N) is 2. The highest BCUT2D eigenvalue weighted by Gasteiger charge is 2.36. The minimum atomic E-state index is 0.00852. The van der Waals surface area contributed by atoms with Crippen molar-refractivity contribution in [2.75, 3.05) is 39.4 Å². The minimum absolute atomic E-state index is 0.00852. The number of morpholine rings is 1. The number of carbonyl (C=O) groups is 1. The smallest absolute Gasteiger partial charge is 0.240 e. The van der Waals surface area contributed by atoms with E-state index in [0.29, 0.717) is 11.8 Å². The van der Waals surface area contributed by atoms with Crippen molar-refractivity contribution < 1.29 is 9.53 Å². The number of piperidine rings is 1. The number of rotatable bonds is 5. The minimum Gasteiger partial charge on any atom is -0.379 e. The van der Waals surface area contributed by atoms with Crippen LogP contribution in [0.4, 0.5) is 0 Å². The summed E-state index contributed by atoms with van der Waals surface area (Å²) < 4.78 is 5.45. The van der Waals surface area contributed by atoms with Gasteiger partial charge in [0.2, 0.25) is 5.91 Å². The zero-order valence-electron chi connectivity index (χ0n) is 13.6. The highest BCUT2D eigenvalue weighted by atomic mass is 16.5. The monoisotopic (exact) mass is 297 g/mol. The van der Waals surface area contributed by atoms with Crippen LogP contribution in [0.2, 0.25) is 0 Å². The SMILES string of the molecule is CCC(CC)C(C(=O)N1CCCC(N)C1)N1CCOCC1. The van der Waals surface area contributed by atoms with Gasteiger partial charge in [0.05, 0.1) is 19.3 Å². The first-order valence-corrected chi connectivity index (χ1v) is 8.53. The predicted octanol–water partition coefficient (Wildman–Crippen LogP) is 1.07. The fourth-order valence-corrected chi connectivity index (χ4v) is 3.64. The van der Waals surface area contributed by atoms with Gasteiger partial charge in [-0.25, -0.2) is 0 Å². The summed E-state index contributed by atoms with van der Waals surface area (Å²) >= 11 is 0. The highest BCUT2D eigenvalue weighted by Crippen LogP contribution is 2.23. The molecule has 0 aromatic rings. The Bertz CT molecular complexity index is 327. The Kier molecular flexibility index (Phi) is 6.45. The summed E-state index contributed by atoms with van der Waals surface area (Å²) in [6.45, 7) is 9.19. The Balaban J connectivity index is 2.10. The number of hydrogen-bond donors (Lipinski definition) is 1. The van der Waals surface area contributed by atoms with E-state index >= 15 is 0 Å². The molecule has 0 aromatic carbocycles. The van der Waals surface area contributed by atoms with Crippen LogP contribution in [0.5, 0.6) is 0 Å². The van der Waals surface area contributed by atoms with Crippen molar-refractivity contribution in [3.63, 3.8) is 0 Å². The van der Waals surface area contributed by atoms with E-state index in [2.05, 4.69) is 18.7 Å². The molecule has 0 spiro atoms. The van der Waals surface area contributed by atoms with E-state index < -0.39 is 0 Å². The molecule has 5 heteroatoms. The molecule has 0 bridgehead atoms. The Morgan fingerprint density at radius 3 is 2.48 bits per heavy atom. The molecule has 0 saturated carbocycles. The Labute approximate surface area is 128 Å². The van der Waals surface area contributed by atoms with E-state index in [-0.39, 0.29) is 12.1 Å². The molecule has 0 aromatic heterocycles. The molecule has 2 N–H and O–H groups in total. The molecule has 1 amide bonds. The maximum absolute atomic E-state index is 13.1. The van der Waals surface area contributed by atoms with Gasteiger partial charge in [0.1, 0.15) is 0 Å². The van der Waals surface area contributed by atoms with Gasteiger partial charge in [0.25, 0.3) is 0 Å². The van der Waals surface area contributed by atoms with E-state index in [0.717, 1.165) is 65.1 Å². The third-order valence-corrected chi connectivity index (χ3v) is 4.96. The highest BCUT2D eigenvalue weighted by molar-refractivity contribution is 5.82. The van der Waals surface area contributed by atoms with Crippen LogP contribution < -0.4 is 5.73 Å². The van der Waals surface area contributed by atoms with Crippen molar-refractivity contribution >= 4 is 5.91 Å². The summed E-state index contributed by atoms with van der Waals surface area (Å²) in [6.07, 6.45) is 4.16. The average Bonchev–Trinajstić information content (AvgIpc) is 2.52. The van der Waals surface area contributed by atoms with Crippen LogP contribution in [0, 0.1) is 5.92 Å². The van der Waals surface area contributed by atoms with Crippen LogP contribution >= 0.6 is 0 Å². The molecular weight excluding hydrogens is 266 g/mol. The first-order chi connectivity index (χ1) is 10.2. The van der Waals surface area contributed by atoms with Gasteiger partial charge in [-0.05, 0) is 18.8 Å². The number of carbonyl (C=O) groups excluding carboxylic acids is 1. The second-order valence-electron chi connectivity index (χ2n) is 6.36. The summed E-state index contributed by atoms with van der Waals surface area (Å²) in [5, 5.41) is 0. The summed E-state index contributed by atoms with van der Waals surface area (Å²) in [5.41, 5.74) is 6.06. The molecule has 2 heterocycles. The maximum atomic E-state index is 13.1. The van der Waals surface area contributed by atoms with Crippen molar-refractivity contribution in [2.45, 2.75) is 51.6 Å². The first kappa shape index (κ1) is 16.7. The summed E-state index contributed by atoms with van der Waals surface area (Å²) in [6, 6.07) is 0.156. The van der Waals surface area contributed by atoms with E-state index in [4.69, 9.17) is 10.5 Å². The topological polar surface area (TPSA) is 58.8 Å². The zero-order valence-corrected chi connectivity index (χ0v) is 13.6. The van der Waals surface area contributed by atoms with Crippen LogP contribution in [-0.2, 0) is 9.53 Å². The van der Waals surface area contributed by atoms with Crippen LogP contribution in [0.25, 0.3) is 0 Å². The Hall–Kier alpha value is -0.650. The fraction of sp³-hybridized carbons (Fsp3) is 0.938. The molecule has 5 nitrogen and oxygen atoms in total. The van der Waals surface area contributed by atoms with Crippen molar-refractivity contribution in [3.8, 4) is 0 Å². The van der Waals surface area contributed by atoms with E-state index in [1.54, 1.807) is 0 Å². The lowest BCUT2D eigenvalue weighted by Gasteiger charge is -2.41. The molecule has 2 aliphatic heterocycles. The number of ether oxygens (including phenoxy) is 1. The molecule has 2 rings (SSSR count). The van der Waals surface area contributed by atoms with Gasteiger partial charge in [-0.3, -0.25) is 9.69 Å². The lowest BCUT2D eigenvalue weighted by atomic mass is 9.90. The number of likely N-dealkylation sites (tertiary alicyclic amines) is 1. The van der Waals surface area contributed by atoms with E-state index in [1.807, 2.05) is 4.90 Å². The molecule has 2 atom stereocenters. The summed E-state index contributed by atoms with van der Waals surface area (Å²) in [4.78, 5) is 17.4. The fourth-order valence-electron chi connectivity index (χ4n) is 3.64. The summed E-state index contributed by atoms with van der Waals surface area (Å²) in [7, 11) is 0. The molecule has 2 unspecified atom stereocenters. The lowest BCUT2D eigenvalue weighted by molar-refractivity contribution is -0.142. The molecular formula is C16H31N3O2. The van der Waals surface area contributed by atoms with E-state index in [9.17, 15) is 4.79 Å². The summed E-state index contributed by atoms with van der Waals surface area (Å²) in [5.74, 6) is 0.717.